The Labute approximate surface area is 143 Å². The first-order chi connectivity index (χ1) is 12.0. The molecule has 5 N–H and O–H groups in total. The van der Waals surface area contributed by atoms with Crippen LogP contribution in [0.25, 0.3) is 0 Å². The maximum absolute atomic E-state index is 13.0. The number of nitrogens with one attached hydrogen (secondary N) is 2. The van der Waals surface area contributed by atoms with E-state index in [1.165, 1.54) is 12.1 Å². The quantitative estimate of drug-likeness (QED) is 0.553. The summed E-state index contributed by atoms with van der Waals surface area (Å²) in [7, 11) is 0. The lowest BCUT2D eigenvalue weighted by molar-refractivity contribution is 0.100. The smallest absolute Gasteiger partial charge is 0.254 e. The van der Waals surface area contributed by atoms with Crippen molar-refractivity contribution in [1.29, 1.82) is 0 Å². The Balaban J connectivity index is 1.78. The number of rotatable bonds is 6. The van der Waals surface area contributed by atoms with Crippen molar-refractivity contribution in [2.45, 2.75) is 13.0 Å². The fraction of sp³-hybridized carbons (Fsp3) is 0.111. The van der Waals surface area contributed by atoms with Crippen LogP contribution in [0.5, 0.6) is 5.75 Å². The highest BCUT2D eigenvalue weighted by molar-refractivity contribution is 5.98. The number of halogens is 1. The minimum absolute atomic E-state index is 0.183. The lowest BCUT2D eigenvalue weighted by Crippen LogP contribution is -2.15. The number of carbonyl (C=O) groups is 1. The standard InChI is InChI=1S/C18H17FN4O2/c19-13-5-1-11(2-6-13)9-15-16(17(20)25)18(23-22-15)21-10-12-3-7-14(24)8-4-12/h1-8,24H,9-10H2,(H2,20,25)(H2,21,22,23). The molecule has 128 valence electrons. The van der Waals surface area contributed by atoms with Gasteiger partial charge in [0.25, 0.3) is 5.91 Å². The summed E-state index contributed by atoms with van der Waals surface area (Å²) in [6.07, 6.45) is 0.381. The fourth-order valence-corrected chi connectivity index (χ4v) is 2.51. The van der Waals surface area contributed by atoms with Crippen molar-refractivity contribution < 1.29 is 14.3 Å². The third-order valence-corrected chi connectivity index (χ3v) is 3.78. The van der Waals surface area contributed by atoms with E-state index in [1.807, 2.05) is 0 Å². The van der Waals surface area contributed by atoms with E-state index in [9.17, 15) is 14.3 Å². The maximum Gasteiger partial charge on any atom is 0.254 e. The molecule has 0 aliphatic carbocycles. The van der Waals surface area contributed by atoms with E-state index in [4.69, 9.17) is 5.73 Å². The molecule has 0 aliphatic heterocycles. The topological polar surface area (TPSA) is 104 Å². The van der Waals surface area contributed by atoms with Gasteiger partial charge in [-0.1, -0.05) is 24.3 Å². The molecule has 25 heavy (non-hydrogen) atoms. The third kappa shape index (κ3) is 3.95. The number of nitrogens with zero attached hydrogens (tertiary/aromatic N) is 1. The van der Waals surface area contributed by atoms with Crippen LogP contribution in [0.15, 0.2) is 48.5 Å². The zero-order valence-corrected chi connectivity index (χ0v) is 13.3. The van der Waals surface area contributed by atoms with Crippen LogP contribution in [-0.4, -0.2) is 21.2 Å². The Hall–Kier alpha value is -3.35. The van der Waals surface area contributed by atoms with Crippen molar-refractivity contribution >= 4 is 11.7 Å². The zero-order chi connectivity index (χ0) is 17.8. The molecule has 3 rings (SSSR count). The molecule has 1 heterocycles. The van der Waals surface area contributed by atoms with Gasteiger partial charge in [0, 0.05) is 13.0 Å². The van der Waals surface area contributed by atoms with Gasteiger partial charge in [-0.3, -0.25) is 9.89 Å². The van der Waals surface area contributed by atoms with Gasteiger partial charge in [0.15, 0.2) is 5.82 Å². The van der Waals surface area contributed by atoms with Gasteiger partial charge >= 0.3 is 0 Å². The summed E-state index contributed by atoms with van der Waals surface area (Å²) in [5.41, 5.74) is 8.08. The molecule has 0 atom stereocenters. The minimum atomic E-state index is -0.598. The number of phenolic OH excluding ortho intramolecular Hbond substituents is 1. The van der Waals surface area contributed by atoms with Crippen LogP contribution < -0.4 is 11.1 Å². The molecule has 3 aromatic rings. The SMILES string of the molecule is NC(=O)c1c(NCc2ccc(O)cc2)n[nH]c1Cc1ccc(F)cc1. The van der Waals surface area contributed by atoms with Crippen molar-refractivity contribution in [2.24, 2.45) is 5.73 Å². The molecule has 2 aromatic carbocycles. The number of H-pyrrole nitrogens is 1. The summed E-state index contributed by atoms with van der Waals surface area (Å²) in [6, 6.07) is 12.7. The number of aromatic nitrogens is 2. The van der Waals surface area contributed by atoms with E-state index in [1.54, 1.807) is 36.4 Å². The van der Waals surface area contributed by atoms with Crippen molar-refractivity contribution in [3.63, 3.8) is 0 Å². The number of primary amides is 1. The maximum atomic E-state index is 13.0. The second-order valence-corrected chi connectivity index (χ2v) is 5.61. The predicted octanol–water partition coefficient (Wildman–Crippen LogP) is 2.56. The minimum Gasteiger partial charge on any atom is -0.508 e. The Morgan fingerprint density at radius 1 is 1.12 bits per heavy atom. The van der Waals surface area contributed by atoms with E-state index >= 15 is 0 Å². The van der Waals surface area contributed by atoms with Crippen molar-refractivity contribution in [3.8, 4) is 5.75 Å². The summed E-state index contributed by atoms with van der Waals surface area (Å²) in [5.74, 6) is -0.376. The van der Waals surface area contributed by atoms with Gasteiger partial charge in [-0.05, 0) is 35.4 Å². The molecule has 1 aromatic heterocycles. The molecule has 0 bridgehead atoms. The van der Waals surface area contributed by atoms with E-state index in [2.05, 4.69) is 15.5 Å². The Morgan fingerprint density at radius 3 is 2.40 bits per heavy atom. The summed E-state index contributed by atoms with van der Waals surface area (Å²) in [4.78, 5) is 11.8. The van der Waals surface area contributed by atoms with Gasteiger partial charge in [0.1, 0.15) is 17.1 Å². The van der Waals surface area contributed by atoms with Crippen molar-refractivity contribution in [2.75, 3.05) is 5.32 Å². The first-order valence-corrected chi connectivity index (χ1v) is 7.66. The first-order valence-electron chi connectivity index (χ1n) is 7.66. The molecule has 6 nitrogen and oxygen atoms in total. The first kappa shape index (κ1) is 16.5. The molecular weight excluding hydrogens is 323 g/mol. The molecule has 0 spiro atoms. The predicted molar refractivity (Wildman–Crippen MR) is 91.7 cm³/mol. The van der Waals surface area contributed by atoms with Crippen LogP contribution >= 0.6 is 0 Å². The average molecular weight is 340 g/mol. The number of carbonyl (C=O) groups excluding carboxylic acids is 1. The molecule has 0 radical (unpaired) electrons. The Kier molecular flexibility index (Phi) is 4.65. The molecule has 7 heteroatoms. The number of hydrogen-bond donors (Lipinski definition) is 4. The fourth-order valence-electron chi connectivity index (χ4n) is 2.51. The molecule has 1 amide bonds. The van der Waals surface area contributed by atoms with Gasteiger partial charge in [0.2, 0.25) is 0 Å². The second-order valence-electron chi connectivity index (χ2n) is 5.61. The van der Waals surface area contributed by atoms with Gasteiger partial charge in [0.05, 0.1) is 5.69 Å². The van der Waals surface area contributed by atoms with Crippen LogP contribution in [0.2, 0.25) is 0 Å². The number of aromatic hydroxyl groups is 1. The average Bonchev–Trinajstić information content (AvgIpc) is 2.99. The van der Waals surface area contributed by atoms with Crippen molar-refractivity contribution in [1.82, 2.24) is 10.2 Å². The van der Waals surface area contributed by atoms with Gasteiger partial charge in [-0.15, -0.1) is 0 Å². The second kappa shape index (κ2) is 7.04. The summed E-state index contributed by atoms with van der Waals surface area (Å²) < 4.78 is 13.0. The number of benzene rings is 2. The number of amides is 1. The lowest BCUT2D eigenvalue weighted by Gasteiger charge is -2.06. The summed E-state index contributed by atoms with van der Waals surface area (Å²) >= 11 is 0. The third-order valence-electron chi connectivity index (χ3n) is 3.78. The monoisotopic (exact) mass is 340 g/mol. The largest absolute Gasteiger partial charge is 0.508 e. The Bertz CT molecular complexity index is 873. The highest BCUT2D eigenvalue weighted by Crippen LogP contribution is 2.20. The van der Waals surface area contributed by atoms with E-state index in [0.29, 0.717) is 24.5 Å². The van der Waals surface area contributed by atoms with Gasteiger partial charge < -0.3 is 16.2 Å². The van der Waals surface area contributed by atoms with Crippen molar-refractivity contribution in [3.05, 3.63) is 76.7 Å². The van der Waals surface area contributed by atoms with Crippen LogP contribution in [0.1, 0.15) is 27.2 Å². The zero-order valence-electron chi connectivity index (χ0n) is 13.3. The number of phenols is 1. The number of anilines is 1. The van der Waals surface area contributed by atoms with Crippen LogP contribution in [-0.2, 0) is 13.0 Å². The van der Waals surface area contributed by atoms with E-state index in [0.717, 1.165) is 11.1 Å². The summed E-state index contributed by atoms with van der Waals surface area (Å²) in [5, 5.41) is 19.3. The molecular formula is C18H17FN4O2. The number of nitrogens with two attached hydrogens (primary N) is 1. The van der Waals surface area contributed by atoms with Crippen LogP contribution in [0, 0.1) is 5.82 Å². The number of hydrogen-bond acceptors (Lipinski definition) is 4. The van der Waals surface area contributed by atoms with E-state index < -0.39 is 5.91 Å². The molecule has 0 saturated carbocycles. The molecule has 0 saturated heterocycles. The molecule has 0 aliphatic rings. The number of aromatic amines is 1. The molecule has 0 fully saturated rings. The normalized spacial score (nSPS) is 10.6. The van der Waals surface area contributed by atoms with Crippen LogP contribution in [0.4, 0.5) is 10.2 Å². The Morgan fingerprint density at radius 2 is 1.76 bits per heavy atom. The van der Waals surface area contributed by atoms with Gasteiger partial charge in [-0.2, -0.15) is 5.10 Å². The molecule has 0 unspecified atom stereocenters. The summed E-state index contributed by atoms with van der Waals surface area (Å²) in [6.45, 7) is 0.418. The highest BCUT2D eigenvalue weighted by Gasteiger charge is 2.18. The van der Waals surface area contributed by atoms with Gasteiger partial charge in [-0.25, -0.2) is 4.39 Å². The highest BCUT2D eigenvalue weighted by atomic mass is 19.1. The lowest BCUT2D eigenvalue weighted by atomic mass is 10.1. The van der Waals surface area contributed by atoms with E-state index in [-0.39, 0.29) is 17.1 Å². The van der Waals surface area contributed by atoms with Crippen LogP contribution in [0.3, 0.4) is 0 Å².